The first kappa shape index (κ1) is 22.1. The van der Waals surface area contributed by atoms with Crippen LogP contribution in [0, 0.1) is 0 Å². The lowest BCUT2D eigenvalue weighted by Gasteiger charge is -2.31. The molecule has 1 atom stereocenters. The summed E-state index contributed by atoms with van der Waals surface area (Å²) in [4.78, 5) is 12.9. The Morgan fingerprint density at radius 3 is 2.44 bits per heavy atom. The fourth-order valence-electron chi connectivity index (χ4n) is 4.07. The van der Waals surface area contributed by atoms with Crippen LogP contribution in [0.25, 0.3) is 5.69 Å². The summed E-state index contributed by atoms with van der Waals surface area (Å²) in [6, 6.07) is 13.8. The van der Waals surface area contributed by atoms with Gasteiger partial charge in [0.05, 0.1) is 24.8 Å². The molecule has 0 bridgehead atoms. The second-order valence-electron chi connectivity index (χ2n) is 7.65. The summed E-state index contributed by atoms with van der Waals surface area (Å²) in [7, 11) is 0.806. The van der Waals surface area contributed by atoms with Crippen molar-refractivity contribution in [3.05, 3.63) is 64.8 Å². The van der Waals surface area contributed by atoms with Gasteiger partial charge in [0.1, 0.15) is 5.82 Å². The Kier molecular flexibility index (Phi) is 6.07. The Hall–Kier alpha value is -3.11. The minimum absolute atomic E-state index is 0.136. The highest BCUT2D eigenvalue weighted by atomic mass is 32.2. The fraction of sp³-hybridized carbons (Fsp3) is 0.364. The molecule has 1 saturated heterocycles. The highest BCUT2D eigenvalue weighted by Gasteiger charge is 2.34. The largest absolute Gasteiger partial charge is 0.493 e. The van der Waals surface area contributed by atoms with Gasteiger partial charge < -0.3 is 9.47 Å². The summed E-state index contributed by atoms with van der Waals surface area (Å²) in [6.07, 6.45) is 1.40. The Morgan fingerprint density at radius 1 is 1.03 bits per heavy atom. The van der Waals surface area contributed by atoms with Gasteiger partial charge >= 0.3 is 5.69 Å². The van der Waals surface area contributed by atoms with Crippen molar-refractivity contribution in [3.63, 3.8) is 0 Å². The van der Waals surface area contributed by atoms with Gasteiger partial charge in [-0.2, -0.15) is 9.40 Å². The molecule has 32 heavy (non-hydrogen) atoms. The molecule has 3 aromatic rings. The molecule has 0 N–H and O–H groups in total. The zero-order valence-corrected chi connectivity index (χ0v) is 19.1. The average Bonchev–Trinajstić information content (AvgIpc) is 3.13. The lowest BCUT2D eigenvalue weighted by atomic mass is 9.98. The van der Waals surface area contributed by atoms with Crippen LogP contribution in [0.5, 0.6) is 11.5 Å². The van der Waals surface area contributed by atoms with Crippen molar-refractivity contribution in [2.24, 2.45) is 7.05 Å². The number of hydrogen-bond acceptors (Lipinski definition) is 6. The van der Waals surface area contributed by atoms with Gasteiger partial charge in [0, 0.05) is 32.1 Å². The van der Waals surface area contributed by atoms with Crippen LogP contribution in [0.1, 0.15) is 24.6 Å². The van der Waals surface area contributed by atoms with E-state index < -0.39 is 10.0 Å². The molecule has 0 saturated carbocycles. The molecule has 1 fully saturated rings. The molecule has 1 aliphatic heterocycles. The van der Waals surface area contributed by atoms with Crippen LogP contribution in [0.4, 0.5) is 0 Å². The summed E-state index contributed by atoms with van der Waals surface area (Å²) in [5.74, 6) is 1.16. The number of benzene rings is 2. The zero-order chi connectivity index (χ0) is 22.9. The quantitative estimate of drug-likeness (QED) is 0.562. The number of rotatable bonds is 6. The van der Waals surface area contributed by atoms with E-state index in [9.17, 15) is 13.2 Å². The van der Waals surface area contributed by atoms with Gasteiger partial charge in [0.15, 0.2) is 11.5 Å². The predicted octanol–water partition coefficient (Wildman–Crippen LogP) is 2.16. The maximum Gasteiger partial charge on any atom is 0.350 e. The van der Waals surface area contributed by atoms with Crippen molar-refractivity contribution < 1.29 is 17.9 Å². The maximum absolute atomic E-state index is 13.4. The van der Waals surface area contributed by atoms with E-state index in [1.165, 1.54) is 35.3 Å². The predicted molar refractivity (Wildman–Crippen MR) is 119 cm³/mol. The number of para-hydroxylation sites is 1. The van der Waals surface area contributed by atoms with E-state index in [1.807, 2.05) is 30.3 Å². The molecule has 0 radical (unpaired) electrons. The van der Waals surface area contributed by atoms with Gasteiger partial charge in [-0.25, -0.2) is 22.5 Å². The van der Waals surface area contributed by atoms with Crippen LogP contribution in [-0.4, -0.2) is 54.4 Å². The topological polar surface area (TPSA) is 95.7 Å². The summed E-state index contributed by atoms with van der Waals surface area (Å²) in [5, 5.41) is 4.46. The standard InChI is InChI=1S/C22H26N4O5S/c1-24-22(27)26(17-9-5-4-6-10-17)21(23-24)16-8-7-13-25(15-16)32(28,29)18-11-12-19(30-2)20(14-18)31-3/h4-6,9-12,14,16H,7-8,13,15H2,1-3H3. The van der Waals surface area contributed by atoms with E-state index in [1.54, 1.807) is 17.7 Å². The second kappa shape index (κ2) is 8.79. The maximum atomic E-state index is 13.4. The SMILES string of the molecule is COc1ccc(S(=O)(=O)N2CCCC(c3nn(C)c(=O)n3-c3ccccc3)C2)cc1OC. The monoisotopic (exact) mass is 458 g/mol. The van der Waals surface area contributed by atoms with Crippen LogP contribution < -0.4 is 15.2 Å². The number of aromatic nitrogens is 3. The molecule has 170 valence electrons. The van der Waals surface area contributed by atoms with Crippen LogP contribution in [-0.2, 0) is 17.1 Å². The summed E-state index contributed by atoms with van der Waals surface area (Å²) < 4.78 is 41.6. The van der Waals surface area contributed by atoms with Crippen LogP contribution in [0.2, 0.25) is 0 Å². The molecular formula is C22H26N4O5S. The van der Waals surface area contributed by atoms with Gasteiger partial charge in [0.25, 0.3) is 0 Å². The fourth-order valence-corrected chi connectivity index (χ4v) is 5.61. The number of ether oxygens (including phenoxy) is 2. The highest BCUT2D eigenvalue weighted by Crippen LogP contribution is 2.33. The molecular weight excluding hydrogens is 432 g/mol. The molecule has 0 amide bonds. The minimum atomic E-state index is -3.77. The number of aryl methyl sites for hydroxylation is 1. The summed E-state index contributed by atoms with van der Waals surface area (Å²) in [5.41, 5.74) is 0.451. The first-order chi connectivity index (χ1) is 15.4. The van der Waals surface area contributed by atoms with E-state index in [4.69, 9.17) is 9.47 Å². The van der Waals surface area contributed by atoms with E-state index in [0.29, 0.717) is 36.0 Å². The Labute approximate surface area is 186 Å². The van der Waals surface area contributed by atoms with Crippen molar-refractivity contribution in [2.75, 3.05) is 27.3 Å². The number of piperidine rings is 1. The molecule has 0 aliphatic carbocycles. The Morgan fingerprint density at radius 2 is 1.75 bits per heavy atom. The van der Waals surface area contributed by atoms with Crippen molar-refractivity contribution >= 4 is 10.0 Å². The Bertz CT molecular complexity index is 1270. The molecule has 0 spiro atoms. The molecule has 4 rings (SSSR count). The lowest BCUT2D eigenvalue weighted by molar-refractivity contribution is 0.306. The molecule has 1 unspecified atom stereocenters. The smallest absolute Gasteiger partial charge is 0.350 e. The molecule has 1 aromatic heterocycles. The average molecular weight is 459 g/mol. The van der Waals surface area contributed by atoms with Crippen LogP contribution >= 0.6 is 0 Å². The van der Waals surface area contributed by atoms with Crippen LogP contribution in [0.3, 0.4) is 0 Å². The third-order valence-electron chi connectivity index (χ3n) is 5.71. The lowest BCUT2D eigenvalue weighted by Crippen LogP contribution is -2.40. The highest BCUT2D eigenvalue weighted by molar-refractivity contribution is 7.89. The van der Waals surface area contributed by atoms with Crippen molar-refractivity contribution in [1.29, 1.82) is 0 Å². The third kappa shape index (κ3) is 3.91. The number of hydrogen-bond donors (Lipinski definition) is 0. The molecule has 10 heteroatoms. The van der Waals surface area contributed by atoms with E-state index in [0.717, 1.165) is 6.42 Å². The van der Waals surface area contributed by atoms with Gasteiger partial charge in [0.2, 0.25) is 10.0 Å². The first-order valence-corrected chi connectivity index (χ1v) is 11.7. The Balaban J connectivity index is 1.68. The van der Waals surface area contributed by atoms with E-state index in [-0.39, 0.29) is 23.0 Å². The van der Waals surface area contributed by atoms with Gasteiger partial charge in [-0.1, -0.05) is 18.2 Å². The normalized spacial score (nSPS) is 17.3. The molecule has 9 nitrogen and oxygen atoms in total. The number of methoxy groups -OCH3 is 2. The zero-order valence-electron chi connectivity index (χ0n) is 18.3. The van der Waals surface area contributed by atoms with E-state index in [2.05, 4.69) is 5.10 Å². The van der Waals surface area contributed by atoms with Crippen molar-refractivity contribution in [3.8, 4) is 17.2 Å². The summed E-state index contributed by atoms with van der Waals surface area (Å²) >= 11 is 0. The summed E-state index contributed by atoms with van der Waals surface area (Å²) in [6.45, 7) is 0.634. The van der Waals surface area contributed by atoms with Gasteiger partial charge in [-0.05, 0) is 37.1 Å². The number of nitrogens with zero attached hydrogens (tertiary/aromatic N) is 4. The first-order valence-electron chi connectivity index (χ1n) is 10.3. The molecule has 2 heterocycles. The van der Waals surface area contributed by atoms with Gasteiger partial charge in [-0.3, -0.25) is 0 Å². The second-order valence-corrected chi connectivity index (χ2v) is 9.59. The van der Waals surface area contributed by atoms with E-state index >= 15 is 0 Å². The van der Waals surface area contributed by atoms with Crippen molar-refractivity contribution in [1.82, 2.24) is 18.7 Å². The minimum Gasteiger partial charge on any atom is -0.493 e. The molecule has 2 aromatic carbocycles. The number of sulfonamides is 1. The third-order valence-corrected chi connectivity index (χ3v) is 7.57. The van der Waals surface area contributed by atoms with Gasteiger partial charge in [-0.15, -0.1) is 0 Å². The van der Waals surface area contributed by atoms with Crippen molar-refractivity contribution in [2.45, 2.75) is 23.7 Å². The van der Waals surface area contributed by atoms with Crippen LogP contribution in [0.15, 0.2) is 58.2 Å². The molecule has 1 aliphatic rings.